The molecule has 1 fully saturated rings. The summed E-state index contributed by atoms with van der Waals surface area (Å²) in [6.45, 7) is 0.712. The fraction of sp³-hybridized carbons (Fsp3) is 0.353. The third-order valence-electron chi connectivity index (χ3n) is 4.06. The summed E-state index contributed by atoms with van der Waals surface area (Å²) in [6.07, 6.45) is 4.30. The van der Waals surface area contributed by atoms with Gasteiger partial charge in [-0.15, -0.1) is 0 Å². The molecule has 1 aliphatic heterocycles. The molecule has 0 saturated carbocycles. The first-order valence-corrected chi connectivity index (χ1v) is 9.73. The fourth-order valence-electron chi connectivity index (χ4n) is 2.83. The predicted octanol–water partition coefficient (Wildman–Crippen LogP) is 2.98. The van der Waals surface area contributed by atoms with Crippen LogP contribution in [0.15, 0.2) is 47.6 Å². The summed E-state index contributed by atoms with van der Waals surface area (Å²) in [7, 11) is -2.20. The van der Waals surface area contributed by atoms with Crippen molar-refractivity contribution in [1.82, 2.24) is 9.29 Å². The van der Waals surface area contributed by atoms with Crippen LogP contribution in [-0.4, -0.2) is 44.0 Å². The van der Waals surface area contributed by atoms with E-state index in [4.69, 9.17) is 21.1 Å². The second kappa shape index (κ2) is 7.59. The van der Waals surface area contributed by atoms with Gasteiger partial charge in [-0.25, -0.2) is 8.42 Å². The van der Waals surface area contributed by atoms with Gasteiger partial charge in [0.05, 0.1) is 13.7 Å². The number of benzene rings is 1. The summed E-state index contributed by atoms with van der Waals surface area (Å²) in [6, 6.07) is 8.30. The molecule has 0 bridgehead atoms. The molecule has 0 N–H and O–H groups in total. The van der Waals surface area contributed by atoms with E-state index in [0.717, 1.165) is 6.42 Å². The van der Waals surface area contributed by atoms with Gasteiger partial charge in [0.25, 0.3) is 0 Å². The van der Waals surface area contributed by atoms with E-state index in [2.05, 4.69) is 4.98 Å². The second-order valence-corrected chi connectivity index (χ2v) is 8.02. The van der Waals surface area contributed by atoms with E-state index in [0.29, 0.717) is 29.5 Å². The van der Waals surface area contributed by atoms with Gasteiger partial charge in [-0.3, -0.25) is 4.98 Å². The molecular formula is C17H19ClN2O4S. The molecule has 0 spiro atoms. The van der Waals surface area contributed by atoms with Crippen LogP contribution >= 0.6 is 11.6 Å². The molecule has 6 nitrogen and oxygen atoms in total. The Balaban J connectivity index is 1.80. The number of hydrogen-bond donors (Lipinski definition) is 0. The SMILES string of the molecule is COc1ccccc1S(=O)(=O)N1CCCC(Oc2ccncc2Cl)C1. The second-order valence-electron chi connectivity index (χ2n) is 5.70. The molecule has 1 aromatic heterocycles. The molecular weight excluding hydrogens is 364 g/mol. The van der Waals surface area contributed by atoms with Crippen molar-refractivity contribution in [1.29, 1.82) is 0 Å². The van der Waals surface area contributed by atoms with Crippen LogP contribution in [0.5, 0.6) is 11.5 Å². The van der Waals surface area contributed by atoms with Gasteiger partial charge in [0.15, 0.2) is 0 Å². The smallest absolute Gasteiger partial charge is 0.246 e. The molecule has 1 aromatic carbocycles. The zero-order valence-electron chi connectivity index (χ0n) is 13.8. The molecule has 1 saturated heterocycles. The Labute approximate surface area is 152 Å². The maximum atomic E-state index is 13.0. The number of sulfonamides is 1. The van der Waals surface area contributed by atoms with Crippen molar-refractivity contribution >= 4 is 21.6 Å². The van der Waals surface area contributed by atoms with E-state index in [-0.39, 0.29) is 17.5 Å². The zero-order valence-corrected chi connectivity index (χ0v) is 15.3. The van der Waals surface area contributed by atoms with Crippen LogP contribution in [0.2, 0.25) is 5.02 Å². The van der Waals surface area contributed by atoms with Crippen molar-refractivity contribution in [2.24, 2.45) is 0 Å². The van der Waals surface area contributed by atoms with Crippen LogP contribution in [0.25, 0.3) is 0 Å². The zero-order chi connectivity index (χ0) is 17.9. The number of pyridine rings is 1. The number of halogens is 1. The van der Waals surface area contributed by atoms with E-state index in [1.54, 1.807) is 36.5 Å². The molecule has 0 radical (unpaired) electrons. The standard InChI is InChI=1S/C17H19ClN2O4S/c1-23-16-6-2-3-7-17(16)25(21,22)20-10-4-5-13(12-20)24-15-8-9-19-11-14(15)18/h2-3,6-9,11,13H,4-5,10,12H2,1H3. The van der Waals surface area contributed by atoms with Gasteiger partial charge in [0.1, 0.15) is 27.5 Å². The van der Waals surface area contributed by atoms with Gasteiger partial charge < -0.3 is 9.47 Å². The summed E-state index contributed by atoms with van der Waals surface area (Å²) in [5.41, 5.74) is 0. The number of nitrogens with zero attached hydrogens (tertiary/aromatic N) is 2. The van der Waals surface area contributed by atoms with E-state index < -0.39 is 10.0 Å². The van der Waals surface area contributed by atoms with Gasteiger partial charge >= 0.3 is 0 Å². The molecule has 0 amide bonds. The number of ether oxygens (including phenoxy) is 2. The molecule has 1 atom stereocenters. The molecule has 8 heteroatoms. The van der Waals surface area contributed by atoms with Crippen molar-refractivity contribution in [2.45, 2.75) is 23.8 Å². The summed E-state index contributed by atoms with van der Waals surface area (Å²) in [4.78, 5) is 4.09. The van der Waals surface area contributed by atoms with Crippen LogP contribution in [0, 0.1) is 0 Å². The highest BCUT2D eigenvalue weighted by Crippen LogP contribution is 2.30. The molecule has 1 unspecified atom stereocenters. The lowest BCUT2D eigenvalue weighted by atomic mass is 10.1. The lowest BCUT2D eigenvalue weighted by Crippen LogP contribution is -2.44. The van der Waals surface area contributed by atoms with E-state index >= 15 is 0 Å². The molecule has 0 aliphatic carbocycles. The van der Waals surface area contributed by atoms with E-state index in [1.807, 2.05) is 0 Å². The van der Waals surface area contributed by atoms with Crippen LogP contribution in [-0.2, 0) is 10.0 Å². The summed E-state index contributed by atoms with van der Waals surface area (Å²) in [5.74, 6) is 0.848. The largest absolute Gasteiger partial charge is 0.495 e. The lowest BCUT2D eigenvalue weighted by Gasteiger charge is -2.32. The Hall–Kier alpha value is -1.83. The first-order chi connectivity index (χ1) is 12.0. The van der Waals surface area contributed by atoms with Crippen LogP contribution < -0.4 is 9.47 Å². The molecule has 25 heavy (non-hydrogen) atoms. The van der Waals surface area contributed by atoms with Gasteiger partial charge in [-0.1, -0.05) is 23.7 Å². The van der Waals surface area contributed by atoms with Crippen LogP contribution in [0.4, 0.5) is 0 Å². The normalized spacial score (nSPS) is 18.7. The molecule has 134 valence electrons. The van der Waals surface area contributed by atoms with Crippen molar-refractivity contribution in [3.05, 3.63) is 47.7 Å². The highest BCUT2D eigenvalue weighted by atomic mass is 35.5. The first kappa shape index (κ1) is 18.0. The quantitative estimate of drug-likeness (QED) is 0.795. The Morgan fingerprint density at radius 1 is 1.24 bits per heavy atom. The minimum atomic E-state index is -3.66. The number of para-hydroxylation sites is 1. The predicted molar refractivity (Wildman–Crippen MR) is 94.6 cm³/mol. The average molecular weight is 383 g/mol. The average Bonchev–Trinajstić information content (AvgIpc) is 2.64. The third-order valence-corrected chi connectivity index (χ3v) is 6.25. The number of aromatic nitrogens is 1. The van der Waals surface area contributed by atoms with Crippen molar-refractivity contribution in [3.8, 4) is 11.5 Å². The Bertz CT molecular complexity index is 844. The van der Waals surface area contributed by atoms with Gasteiger partial charge in [-0.05, 0) is 25.0 Å². The highest BCUT2D eigenvalue weighted by molar-refractivity contribution is 7.89. The summed E-state index contributed by atoms with van der Waals surface area (Å²) in [5, 5.41) is 0.409. The summed E-state index contributed by atoms with van der Waals surface area (Å²) < 4.78 is 38.5. The summed E-state index contributed by atoms with van der Waals surface area (Å²) >= 11 is 6.07. The maximum absolute atomic E-state index is 13.0. The minimum absolute atomic E-state index is 0.167. The van der Waals surface area contributed by atoms with E-state index in [1.165, 1.54) is 17.6 Å². The fourth-order valence-corrected chi connectivity index (χ4v) is 4.66. The molecule has 2 heterocycles. The molecule has 2 aromatic rings. The van der Waals surface area contributed by atoms with Gasteiger partial charge in [0, 0.05) is 25.0 Å². The number of hydrogen-bond acceptors (Lipinski definition) is 5. The lowest BCUT2D eigenvalue weighted by molar-refractivity contribution is 0.129. The molecule has 3 rings (SSSR count). The van der Waals surface area contributed by atoms with Crippen molar-refractivity contribution in [3.63, 3.8) is 0 Å². The minimum Gasteiger partial charge on any atom is -0.495 e. The van der Waals surface area contributed by atoms with Gasteiger partial charge in [0.2, 0.25) is 10.0 Å². The van der Waals surface area contributed by atoms with E-state index in [9.17, 15) is 8.42 Å². The van der Waals surface area contributed by atoms with Crippen molar-refractivity contribution < 1.29 is 17.9 Å². The Morgan fingerprint density at radius 3 is 2.80 bits per heavy atom. The monoisotopic (exact) mass is 382 g/mol. The topological polar surface area (TPSA) is 68.7 Å². The van der Waals surface area contributed by atoms with Crippen LogP contribution in [0.3, 0.4) is 0 Å². The first-order valence-electron chi connectivity index (χ1n) is 7.91. The number of methoxy groups -OCH3 is 1. The Kier molecular flexibility index (Phi) is 5.46. The maximum Gasteiger partial charge on any atom is 0.246 e. The third kappa shape index (κ3) is 3.89. The highest BCUT2D eigenvalue weighted by Gasteiger charge is 2.33. The Morgan fingerprint density at radius 2 is 2.04 bits per heavy atom. The van der Waals surface area contributed by atoms with Crippen LogP contribution in [0.1, 0.15) is 12.8 Å². The van der Waals surface area contributed by atoms with Gasteiger partial charge in [-0.2, -0.15) is 4.31 Å². The number of piperidine rings is 1. The number of rotatable bonds is 5. The van der Waals surface area contributed by atoms with Crippen molar-refractivity contribution in [2.75, 3.05) is 20.2 Å². The molecule has 1 aliphatic rings.